The summed E-state index contributed by atoms with van der Waals surface area (Å²) in [5.41, 5.74) is 0.230. The lowest BCUT2D eigenvalue weighted by molar-refractivity contribution is -0.567. The number of hydrogen-bond donors (Lipinski definition) is 1. The van der Waals surface area contributed by atoms with Crippen LogP contribution in [0.25, 0.3) is 0 Å². The van der Waals surface area contributed by atoms with Crippen LogP contribution in [0.2, 0.25) is 0 Å². The molecule has 4 saturated heterocycles. The number of ether oxygens (including phenoxy) is 3. The molecule has 6 heteroatoms. The number of rotatable bonds is 3. The Balaban J connectivity index is 1.72. The van der Waals surface area contributed by atoms with E-state index in [0.717, 1.165) is 31.3 Å². The number of hydrogen-bond acceptors (Lipinski definition) is 6. The fourth-order valence-corrected chi connectivity index (χ4v) is 4.86. The Morgan fingerprint density at radius 2 is 2.13 bits per heavy atom. The van der Waals surface area contributed by atoms with Gasteiger partial charge in [0.25, 0.3) is 0 Å². The largest absolute Gasteiger partial charge is 0.394 e. The average Bonchev–Trinajstić information content (AvgIpc) is 2.76. The molecule has 0 aromatic rings. The highest BCUT2D eigenvalue weighted by molar-refractivity contribution is 5.21. The monoisotopic (exact) mass is 326 g/mol. The maximum absolute atomic E-state index is 9.03. The van der Waals surface area contributed by atoms with Crippen LogP contribution in [0.1, 0.15) is 39.5 Å². The molecule has 5 aliphatic rings. The van der Waals surface area contributed by atoms with Gasteiger partial charge in [0.2, 0.25) is 5.79 Å². The van der Waals surface area contributed by atoms with Crippen LogP contribution in [0.5, 0.6) is 0 Å². The van der Waals surface area contributed by atoms with E-state index in [2.05, 4.69) is 13.5 Å². The molecule has 0 radical (unpaired) electrons. The van der Waals surface area contributed by atoms with Crippen LogP contribution in [0.15, 0.2) is 12.2 Å². The third-order valence-corrected chi connectivity index (χ3v) is 6.08. The van der Waals surface area contributed by atoms with E-state index in [1.54, 1.807) is 0 Å². The lowest BCUT2D eigenvalue weighted by Gasteiger charge is -2.58. The third-order valence-electron chi connectivity index (χ3n) is 6.08. The van der Waals surface area contributed by atoms with Crippen molar-refractivity contribution in [3.05, 3.63) is 12.2 Å². The van der Waals surface area contributed by atoms with Crippen molar-refractivity contribution in [3.8, 4) is 0 Å². The Hall–Kier alpha value is -0.500. The minimum Gasteiger partial charge on any atom is -0.394 e. The van der Waals surface area contributed by atoms with E-state index in [9.17, 15) is 0 Å². The molecule has 1 aliphatic carbocycles. The summed E-state index contributed by atoms with van der Waals surface area (Å²) in [6.45, 7) is 8.55. The number of fused-ring (bicyclic) bond motifs is 2. The number of aliphatic hydroxyl groups excluding tert-OH is 1. The fourth-order valence-electron chi connectivity index (χ4n) is 4.86. The molecule has 0 aromatic heterocycles. The molecule has 5 fully saturated rings. The fraction of sp³-hybridized carbons (Fsp3) is 0.882. The van der Waals surface area contributed by atoms with Gasteiger partial charge in [0, 0.05) is 12.3 Å². The van der Waals surface area contributed by atoms with Gasteiger partial charge in [-0.2, -0.15) is 0 Å². The Morgan fingerprint density at radius 3 is 2.91 bits per heavy atom. The van der Waals surface area contributed by atoms with E-state index in [1.807, 2.05) is 6.92 Å². The van der Waals surface area contributed by atoms with Crippen molar-refractivity contribution in [1.82, 2.24) is 0 Å². The summed E-state index contributed by atoms with van der Waals surface area (Å²) < 4.78 is 17.9. The Bertz CT molecular complexity index is 495. The van der Waals surface area contributed by atoms with Crippen molar-refractivity contribution in [2.75, 3.05) is 13.2 Å². The first-order valence-electron chi connectivity index (χ1n) is 8.61. The van der Waals surface area contributed by atoms with Gasteiger partial charge < -0.3 is 19.3 Å². The molecule has 1 spiro atoms. The molecular formula is C17H26O6. The highest BCUT2D eigenvalue weighted by atomic mass is 17.3. The molecular weight excluding hydrogens is 300 g/mol. The summed E-state index contributed by atoms with van der Waals surface area (Å²) in [4.78, 5) is 11.7. The average molecular weight is 326 g/mol. The number of aliphatic hydroxyl groups is 1. The second kappa shape index (κ2) is 5.51. The van der Waals surface area contributed by atoms with Gasteiger partial charge in [0.1, 0.15) is 0 Å². The van der Waals surface area contributed by atoms with Crippen molar-refractivity contribution in [2.24, 2.45) is 17.8 Å². The standard InChI is InChI=1S/C17H26O6/c1-10-4-5-13-11(2)14(19-9-8-18)20-15-17(13)12(10)6-7-16(3,21-15)22-23-17/h10,12-15,18H,2,4-9H2,1,3H3/t10-,12?,13+,14+,15-,16+,17?/m1/s1. The van der Waals surface area contributed by atoms with E-state index < -0.39 is 24.0 Å². The molecule has 1 N–H and O–H groups in total. The highest BCUT2D eigenvalue weighted by Gasteiger charge is 2.68. The smallest absolute Gasteiger partial charge is 0.201 e. The van der Waals surface area contributed by atoms with Crippen molar-refractivity contribution < 1.29 is 29.1 Å². The zero-order valence-corrected chi connectivity index (χ0v) is 13.8. The predicted octanol–water partition coefficient (Wildman–Crippen LogP) is 2.12. The first kappa shape index (κ1) is 16.0. The minimum atomic E-state index is -0.780. The van der Waals surface area contributed by atoms with Crippen molar-refractivity contribution >= 4 is 0 Å². The van der Waals surface area contributed by atoms with Crippen LogP contribution in [0, 0.1) is 17.8 Å². The van der Waals surface area contributed by atoms with Crippen LogP contribution in [-0.4, -0.2) is 42.3 Å². The molecule has 23 heavy (non-hydrogen) atoms. The van der Waals surface area contributed by atoms with E-state index in [4.69, 9.17) is 29.1 Å². The molecule has 0 aromatic carbocycles. The SMILES string of the molecule is C=C1[C@@H](OCCO)O[C@@H]2O[C@]3(C)CCC4[C@H](C)CC[C@@H]1C42OO3. The first-order chi connectivity index (χ1) is 11.0. The highest BCUT2D eigenvalue weighted by Crippen LogP contribution is 2.60. The van der Waals surface area contributed by atoms with Gasteiger partial charge in [-0.3, -0.25) is 0 Å². The maximum Gasteiger partial charge on any atom is 0.201 e. The third kappa shape index (κ3) is 2.23. The van der Waals surface area contributed by atoms with Crippen molar-refractivity contribution in [1.29, 1.82) is 0 Å². The molecule has 7 atom stereocenters. The van der Waals surface area contributed by atoms with Crippen LogP contribution in [-0.2, 0) is 24.0 Å². The summed E-state index contributed by atoms with van der Waals surface area (Å²) in [5.74, 6) is 0.130. The quantitative estimate of drug-likeness (QED) is 0.633. The van der Waals surface area contributed by atoms with E-state index in [0.29, 0.717) is 11.8 Å². The molecule has 6 nitrogen and oxygen atoms in total. The van der Waals surface area contributed by atoms with Crippen LogP contribution in [0.3, 0.4) is 0 Å². The molecule has 4 heterocycles. The molecule has 5 rings (SSSR count). The van der Waals surface area contributed by atoms with Gasteiger partial charge in [0.05, 0.1) is 13.2 Å². The molecule has 2 bridgehead atoms. The molecule has 0 amide bonds. The van der Waals surface area contributed by atoms with Crippen LogP contribution >= 0.6 is 0 Å². The topological polar surface area (TPSA) is 66.4 Å². The summed E-state index contributed by atoms with van der Waals surface area (Å²) in [6, 6.07) is 0. The van der Waals surface area contributed by atoms with Crippen LogP contribution < -0.4 is 0 Å². The predicted molar refractivity (Wildman–Crippen MR) is 79.8 cm³/mol. The zero-order chi connectivity index (χ0) is 16.2. The van der Waals surface area contributed by atoms with Gasteiger partial charge in [-0.1, -0.05) is 13.5 Å². The Morgan fingerprint density at radius 1 is 1.30 bits per heavy atom. The lowest BCUT2D eigenvalue weighted by atomic mass is 9.59. The van der Waals surface area contributed by atoms with Gasteiger partial charge in [-0.15, -0.1) is 0 Å². The summed E-state index contributed by atoms with van der Waals surface area (Å²) >= 11 is 0. The normalized spacial score (nSPS) is 52.1. The zero-order valence-electron chi connectivity index (χ0n) is 13.8. The van der Waals surface area contributed by atoms with Gasteiger partial charge >= 0.3 is 0 Å². The van der Waals surface area contributed by atoms with Gasteiger partial charge in [-0.25, -0.2) is 9.78 Å². The summed E-state index contributed by atoms with van der Waals surface area (Å²) in [7, 11) is 0. The second-order valence-corrected chi connectivity index (χ2v) is 7.49. The summed E-state index contributed by atoms with van der Waals surface area (Å²) in [6.07, 6.45) is 2.75. The molecule has 4 aliphatic heterocycles. The lowest BCUT2D eigenvalue weighted by Crippen LogP contribution is -2.69. The molecule has 2 unspecified atom stereocenters. The molecule has 130 valence electrons. The Labute approximate surface area is 136 Å². The van der Waals surface area contributed by atoms with E-state index in [1.165, 1.54) is 0 Å². The van der Waals surface area contributed by atoms with Crippen LogP contribution in [0.4, 0.5) is 0 Å². The van der Waals surface area contributed by atoms with E-state index in [-0.39, 0.29) is 19.1 Å². The minimum absolute atomic E-state index is 0.0501. The Kier molecular flexibility index (Phi) is 3.83. The van der Waals surface area contributed by atoms with Gasteiger partial charge in [-0.05, 0) is 43.6 Å². The maximum atomic E-state index is 9.03. The van der Waals surface area contributed by atoms with Crippen molar-refractivity contribution in [3.63, 3.8) is 0 Å². The first-order valence-corrected chi connectivity index (χ1v) is 8.61. The second-order valence-electron chi connectivity index (χ2n) is 7.49. The van der Waals surface area contributed by atoms with Crippen molar-refractivity contribution in [2.45, 2.75) is 63.5 Å². The molecule has 1 saturated carbocycles. The van der Waals surface area contributed by atoms with E-state index >= 15 is 0 Å². The summed E-state index contributed by atoms with van der Waals surface area (Å²) in [5, 5.41) is 9.03. The van der Waals surface area contributed by atoms with Gasteiger partial charge in [0.15, 0.2) is 18.2 Å².